The maximum Gasteiger partial charge on any atom is 0.166 e. The van der Waals surface area contributed by atoms with Gasteiger partial charge < -0.3 is 0 Å². The summed E-state index contributed by atoms with van der Waals surface area (Å²) in [4.78, 5) is 0. The largest absolute Gasteiger partial charge is 0.206 e. The molecule has 0 fully saturated rings. The van der Waals surface area contributed by atoms with Gasteiger partial charge in [0.15, 0.2) is 11.6 Å². The summed E-state index contributed by atoms with van der Waals surface area (Å²) in [5.74, 6) is -2.55. The van der Waals surface area contributed by atoms with E-state index in [9.17, 15) is 13.2 Å². The molecule has 82 valence electrons. The van der Waals surface area contributed by atoms with Crippen molar-refractivity contribution >= 4 is 0 Å². The van der Waals surface area contributed by atoms with Gasteiger partial charge in [-0.2, -0.15) is 0 Å². The maximum atomic E-state index is 13.6. The average molecular weight is 222 g/mol. The summed E-state index contributed by atoms with van der Waals surface area (Å²) in [6.07, 6.45) is 0. The molecule has 0 spiro atoms. The summed E-state index contributed by atoms with van der Waals surface area (Å²) >= 11 is 0. The summed E-state index contributed by atoms with van der Waals surface area (Å²) in [5.41, 5.74) is 0.748. The van der Waals surface area contributed by atoms with Crippen LogP contribution in [-0.4, -0.2) is 0 Å². The van der Waals surface area contributed by atoms with Gasteiger partial charge in [0.05, 0.1) is 0 Å². The molecule has 0 aliphatic rings. The standard InChI is InChI=1S/C13H9F3/c1-8-5-6-9(12(15)7-8)10-3-2-4-11(14)13(10)16/h2-7H,1H3. The molecule has 0 nitrogen and oxygen atoms in total. The molecular weight excluding hydrogens is 213 g/mol. The highest BCUT2D eigenvalue weighted by molar-refractivity contribution is 5.65. The molecular formula is C13H9F3. The number of hydrogen-bond donors (Lipinski definition) is 0. The lowest BCUT2D eigenvalue weighted by atomic mass is 10.0. The maximum absolute atomic E-state index is 13.6. The monoisotopic (exact) mass is 222 g/mol. The van der Waals surface area contributed by atoms with Gasteiger partial charge in [0.2, 0.25) is 0 Å². The van der Waals surface area contributed by atoms with Crippen molar-refractivity contribution < 1.29 is 13.2 Å². The zero-order chi connectivity index (χ0) is 11.7. The van der Waals surface area contributed by atoms with E-state index in [2.05, 4.69) is 0 Å². The van der Waals surface area contributed by atoms with E-state index >= 15 is 0 Å². The van der Waals surface area contributed by atoms with Crippen LogP contribution >= 0.6 is 0 Å². The summed E-state index contributed by atoms with van der Waals surface area (Å²) in [5, 5.41) is 0. The average Bonchev–Trinajstić information content (AvgIpc) is 2.23. The molecule has 3 heteroatoms. The topological polar surface area (TPSA) is 0 Å². The molecule has 0 bridgehead atoms. The predicted molar refractivity (Wildman–Crippen MR) is 56.5 cm³/mol. The fourth-order valence-electron chi connectivity index (χ4n) is 1.55. The molecule has 0 aromatic heterocycles. The Morgan fingerprint density at radius 3 is 2.25 bits per heavy atom. The van der Waals surface area contributed by atoms with E-state index in [0.717, 1.165) is 11.6 Å². The Morgan fingerprint density at radius 1 is 0.812 bits per heavy atom. The Hall–Kier alpha value is -1.77. The third-order valence-electron chi connectivity index (χ3n) is 2.37. The molecule has 2 aromatic rings. The molecule has 2 aromatic carbocycles. The first kappa shape index (κ1) is 10.7. The minimum atomic E-state index is -1.02. The Bertz CT molecular complexity index is 533. The van der Waals surface area contributed by atoms with E-state index < -0.39 is 17.5 Å². The molecule has 0 radical (unpaired) electrons. The van der Waals surface area contributed by atoms with Crippen LogP contribution in [0, 0.1) is 24.4 Å². The molecule has 0 N–H and O–H groups in total. The smallest absolute Gasteiger partial charge is 0.166 e. The quantitative estimate of drug-likeness (QED) is 0.682. The van der Waals surface area contributed by atoms with Crippen molar-refractivity contribution in [3.63, 3.8) is 0 Å². The highest BCUT2D eigenvalue weighted by Gasteiger charge is 2.12. The van der Waals surface area contributed by atoms with Crippen LogP contribution in [0.5, 0.6) is 0 Å². The van der Waals surface area contributed by atoms with Crippen LogP contribution < -0.4 is 0 Å². The Balaban J connectivity index is 2.63. The number of aryl methyl sites for hydroxylation is 1. The van der Waals surface area contributed by atoms with Crippen LogP contribution in [0.4, 0.5) is 13.2 Å². The van der Waals surface area contributed by atoms with Crippen molar-refractivity contribution in [1.82, 2.24) is 0 Å². The van der Waals surface area contributed by atoms with Crippen LogP contribution in [0.2, 0.25) is 0 Å². The molecule has 2 rings (SSSR count). The van der Waals surface area contributed by atoms with Gasteiger partial charge >= 0.3 is 0 Å². The molecule has 0 amide bonds. The van der Waals surface area contributed by atoms with Gasteiger partial charge in [-0.15, -0.1) is 0 Å². The van der Waals surface area contributed by atoms with Crippen LogP contribution in [-0.2, 0) is 0 Å². The van der Waals surface area contributed by atoms with Crippen LogP contribution in [0.3, 0.4) is 0 Å². The first-order valence-electron chi connectivity index (χ1n) is 4.80. The Morgan fingerprint density at radius 2 is 1.56 bits per heavy atom. The number of hydrogen-bond acceptors (Lipinski definition) is 0. The minimum Gasteiger partial charge on any atom is -0.206 e. The van der Waals surface area contributed by atoms with Crippen molar-refractivity contribution in [2.24, 2.45) is 0 Å². The molecule has 0 saturated carbocycles. The second kappa shape index (κ2) is 4.00. The summed E-state index contributed by atoms with van der Waals surface area (Å²) in [6.45, 7) is 1.73. The third kappa shape index (κ3) is 1.81. The first-order valence-corrected chi connectivity index (χ1v) is 4.80. The van der Waals surface area contributed by atoms with E-state index in [1.807, 2.05) is 0 Å². The first-order chi connectivity index (χ1) is 7.59. The lowest BCUT2D eigenvalue weighted by molar-refractivity contribution is 0.510. The second-order valence-electron chi connectivity index (χ2n) is 3.58. The summed E-state index contributed by atoms with van der Waals surface area (Å²) < 4.78 is 40.0. The van der Waals surface area contributed by atoms with Gasteiger partial charge in [0, 0.05) is 11.1 Å². The van der Waals surface area contributed by atoms with Crippen LogP contribution in [0.25, 0.3) is 11.1 Å². The molecule has 0 heterocycles. The van der Waals surface area contributed by atoms with Gasteiger partial charge in [-0.25, -0.2) is 13.2 Å². The van der Waals surface area contributed by atoms with Crippen molar-refractivity contribution in [3.05, 3.63) is 59.4 Å². The van der Waals surface area contributed by atoms with Crippen molar-refractivity contribution in [1.29, 1.82) is 0 Å². The fourth-order valence-corrected chi connectivity index (χ4v) is 1.55. The van der Waals surface area contributed by atoms with Crippen LogP contribution in [0.1, 0.15) is 5.56 Å². The number of benzene rings is 2. The van der Waals surface area contributed by atoms with Crippen molar-refractivity contribution in [2.75, 3.05) is 0 Å². The molecule has 16 heavy (non-hydrogen) atoms. The van der Waals surface area contributed by atoms with E-state index in [4.69, 9.17) is 0 Å². The highest BCUT2D eigenvalue weighted by atomic mass is 19.2. The van der Waals surface area contributed by atoms with Crippen LogP contribution in [0.15, 0.2) is 36.4 Å². The Labute approximate surface area is 91.4 Å². The molecule has 0 atom stereocenters. The summed E-state index contributed by atoms with van der Waals surface area (Å²) in [7, 11) is 0. The van der Waals surface area contributed by atoms with Gasteiger partial charge in [0.1, 0.15) is 5.82 Å². The van der Waals surface area contributed by atoms with E-state index in [1.165, 1.54) is 24.3 Å². The number of rotatable bonds is 1. The zero-order valence-electron chi connectivity index (χ0n) is 8.60. The highest BCUT2D eigenvalue weighted by Crippen LogP contribution is 2.27. The van der Waals surface area contributed by atoms with Gasteiger partial charge in [0.25, 0.3) is 0 Å². The van der Waals surface area contributed by atoms with Crippen molar-refractivity contribution in [2.45, 2.75) is 6.92 Å². The van der Waals surface area contributed by atoms with E-state index in [0.29, 0.717) is 0 Å². The van der Waals surface area contributed by atoms with Gasteiger partial charge in [-0.05, 0) is 24.6 Å². The lowest BCUT2D eigenvalue weighted by Gasteiger charge is -2.06. The normalized spacial score (nSPS) is 10.5. The minimum absolute atomic E-state index is 0.0579. The third-order valence-corrected chi connectivity index (χ3v) is 2.37. The summed E-state index contributed by atoms with van der Waals surface area (Å²) in [6, 6.07) is 8.11. The molecule has 0 unspecified atom stereocenters. The SMILES string of the molecule is Cc1ccc(-c2cccc(F)c2F)c(F)c1. The van der Waals surface area contributed by atoms with E-state index in [-0.39, 0.29) is 11.1 Å². The van der Waals surface area contributed by atoms with E-state index in [1.54, 1.807) is 13.0 Å². The lowest BCUT2D eigenvalue weighted by Crippen LogP contribution is -1.92. The predicted octanol–water partition coefficient (Wildman–Crippen LogP) is 4.08. The second-order valence-corrected chi connectivity index (χ2v) is 3.58. The van der Waals surface area contributed by atoms with Crippen molar-refractivity contribution in [3.8, 4) is 11.1 Å². The zero-order valence-corrected chi connectivity index (χ0v) is 8.60. The molecule has 0 saturated heterocycles. The molecule has 0 aliphatic carbocycles. The molecule has 0 aliphatic heterocycles. The van der Waals surface area contributed by atoms with Gasteiger partial charge in [-0.3, -0.25) is 0 Å². The Kier molecular flexibility index (Phi) is 2.69. The number of halogens is 3. The van der Waals surface area contributed by atoms with Gasteiger partial charge in [-0.1, -0.05) is 24.3 Å². The fraction of sp³-hybridized carbons (Fsp3) is 0.0769.